The Bertz CT molecular complexity index is 1380. The van der Waals surface area contributed by atoms with Gasteiger partial charge in [-0.2, -0.15) is 0 Å². The highest BCUT2D eigenvalue weighted by molar-refractivity contribution is 6.30. The van der Waals surface area contributed by atoms with Crippen LogP contribution in [0.1, 0.15) is 65.8 Å². The Labute approximate surface area is 245 Å². The second kappa shape index (κ2) is 13.9. The van der Waals surface area contributed by atoms with Crippen molar-refractivity contribution in [3.63, 3.8) is 0 Å². The summed E-state index contributed by atoms with van der Waals surface area (Å²) in [6.45, 7) is 0.302. The van der Waals surface area contributed by atoms with E-state index in [-0.39, 0.29) is 29.4 Å². The molecule has 2 amide bonds. The Kier molecular flexibility index (Phi) is 10.1. The molecule has 1 aliphatic carbocycles. The van der Waals surface area contributed by atoms with Crippen LogP contribution in [-0.2, 0) is 22.6 Å². The molecule has 0 aromatic heterocycles. The van der Waals surface area contributed by atoms with Crippen LogP contribution < -0.4 is 22.1 Å². The molecule has 0 radical (unpaired) electrons. The summed E-state index contributed by atoms with van der Waals surface area (Å²) in [5.74, 6) is -1.00. The molecule has 1 fully saturated rings. The maximum atomic E-state index is 13.9. The summed E-state index contributed by atoms with van der Waals surface area (Å²) < 4.78 is 0. The molecule has 0 saturated heterocycles. The van der Waals surface area contributed by atoms with Gasteiger partial charge >= 0.3 is 0 Å². The molecule has 1 unspecified atom stereocenters. The van der Waals surface area contributed by atoms with Crippen LogP contribution in [0.5, 0.6) is 0 Å². The topological polar surface area (TPSA) is 158 Å². The van der Waals surface area contributed by atoms with Gasteiger partial charge < -0.3 is 22.1 Å². The fourth-order valence-electron chi connectivity index (χ4n) is 5.36. The van der Waals surface area contributed by atoms with E-state index < -0.39 is 12.0 Å². The minimum atomic E-state index is -0.666. The van der Waals surface area contributed by atoms with E-state index >= 15 is 0 Å². The lowest BCUT2D eigenvalue weighted by atomic mass is 9.82. The molecule has 8 N–H and O–H groups in total. The fraction of sp³-hybridized carbons (Fsp3) is 0.312. The Morgan fingerprint density at radius 3 is 1.98 bits per heavy atom. The highest BCUT2D eigenvalue weighted by Gasteiger charge is 2.33. The van der Waals surface area contributed by atoms with Gasteiger partial charge in [-0.1, -0.05) is 91.5 Å². The van der Waals surface area contributed by atoms with Crippen molar-refractivity contribution < 1.29 is 9.59 Å². The molecule has 1 aliphatic rings. The smallest absolute Gasteiger partial charge is 0.243 e. The molecule has 9 heteroatoms. The van der Waals surface area contributed by atoms with Crippen LogP contribution in [0.25, 0.3) is 0 Å². The number of benzene rings is 3. The van der Waals surface area contributed by atoms with Gasteiger partial charge in [-0.05, 0) is 54.0 Å². The number of amidine groups is 2. The molecule has 0 bridgehead atoms. The van der Waals surface area contributed by atoms with E-state index in [1.54, 1.807) is 36.4 Å². The van der Waals surface area contributed by atoms with Crippen LogP contribution in [0.2, 0.25) is 5.02 Å². The number of carbonyl (C=O) groups excluding carboxylic acids is 2. The van der Waals surface area contributed by atoms with Crippen LogP contribution in [0.3, 0.4) is 0 Å². The van der Waals surface area contributed by atoms with Crippen LogP contribution in [-0.4, -0.2) is 29.5 Å². The lowest BCUT2D eigenvalue weighted by Gasteiger charge is -2.31. The van der Waals surface area contributed by atoms with E-state index in [0.717, 1.165) is 48.8 Å². The molecule has 3 aromatic rings. The van der Waals surface area contributed by atoms with E-state index in [9.17, 15) is 9.59 Å². The van der Waals surface area contributed by atoms with Gasteiger partial charge in [-0.25, -0.2) is 0 Å². The van der Waals surface area contributed by atoms with E-state index in [1.807, 2.05) is 36.4 Å². The molecule has 214 valence electrons. The van der Waals surface area contributed by atoms with Crippen molar-refractivity contribution in [2.45, 2.75) is 57.0 Å². The molecule has 0 spiro atoms. The Balaban J connectivity index is 1.54. The zero-order valence-corrected chi connectivity index (χ0v) is 23.7. The zero-order chi connectivity index (χ0) is 29.4. The predicted molar refractivity (Wildman–Crippen MR) is 163 cm³/mol. The van der Waals surface area contributed by atoms with Crippen molar-refractivity contribution in [1.29, 1.82) is 10.8 Å². The number of nitrogens with two attached hydrogens (primary N) is 2. The van der Waals surface area contributed by atoms with E-state index in [2.05, 4.69) is 10.6 Å². The van der Waals surface area contributed by atoms with Gasteiger partial charge in [0.15, 0.2) is 0 Å². The third kappa shape index (κ3) is 8.17. The lowest BCUT2D eigenvalue weighted by Crippen LogP contribution is -2.52. The van der Waals surface area contributed by atoms with Gasteiger partial charge in [0.1, 0.15) is 17.7 Å². The predicted octanol–water partition coefficient (Wildman–Crippen LogP) is 4.62. The van der Waals surface area contributed by atoms with Crippen molar-refractivity contribution in [1.82, 2.24) is 10.6 Å². The first kappa shape index (κ1) is 29.8. The van der Waals surface area contributed by atoms with E-state index in [4.69, 9.17) is 33.9 Å². The second-order valence-corrected chi connectivity index (χ2v) is 11.1. The molecule has 0 aliphatic heterocycles. The highest BCUT2D eigenvalue weighted by Crippen LogP contribution is 2.29. The zero-order valence-electron chi connectivity index (χ0n) is 23.0. The number of hydrogen-bond acceptors (Lipinski definition) is 4. The third-order valence-electron chi connectivity index (χ3n) is 7.71. The number of amides is 2. The highest BCUT2D eigenvalue weighted by atomic mass is 35.5. The summed E-state index contributed by atoms with van der Waals surface area (Å²) >= 11 is 6.30. The maximum absolute atomic E-state index is 13.9. The van der Waals surface area contributed by atoms with Gasteiger partial charge in [0.05, 0.1) is 5.92 Å². The van der Waals surface area contributed by atoms with Gasteiger partial charge in [0.2, 0.25) is 11.8 Å². The number of halogens is 1. The van der Waals surface area contributed by atoms with Crippen LogP contribution in [0, 0.1) is 16.7 Å². The quantitative estimate of drug-likeness (QED) is 0.146. The SMILES string of the molecule is N=C(N)c1ccc(CNC(=O)C(NC(=O)[C@@H](Cc2ccc(C(=N)N)cc2)c2cccc(Cl)c2)C2CCCCC2)cc1. The Hall–Kier alpha value is -4.17. The van der Waals surface area contributed by atoms with Crippen molar-refractivity contribution in [2.24, 2.45) is 17.4 Å². The average Bonchev–Trinajstić information content (AvgIpc) is 2.98. The number of hydrogen-bond donors (Lipinski definition) is 6. The first-order valence-corrected chi connectivity index (χ1v) is 14.3. The number of nitrogens with one attached hydrogen (secondary N) is 4. The molecule has 3 aromatic carbocycles. The standard InChI is InChI=1S/C32H37ClN6O2/c33-26-8-4-7-25(18-26)27(17-20-9-13-23(14-10-20)29(34)35)31(40)39-28(22-5-2-1-3-6-22)32(41)38-19-21-11-15-24(16-12-21)30(36)37/h4,7-16,18,22,27-28H,1-3,5-6,17,19H2,(H3,34,35)(H3,36,37)(H,38,41)(H,39,40)/t27-,28?/m0/s1. The van der Waals surface area contributed by atoms with Crippen LogP contribution in [0.4, 0.5) is 0 Å². The van der Waals surface area contributed by atoms with Crippen molar-refractivity contribution in [2.75, 3.05) is 0 Å². The summed E-state index contributed by atoms with van der Waals surface area (Å²) in [7, 11) is 0. The van der Waals surface area contributed by atoms with Gasteiger partial charge in [0.25, 0.3) is 0 Å². The molecule has 2 atom stereocenters. The summed E-state index contributed by atoms with van der Waals surface area (Å²) in [5.41, 5.74) is 14.9. The number of nitrogen functional groups attached to an aromatic ring is 2. The number of rotatable bonds is 11. The normalized spacial score (nSPS) is 15.0. The molecule has 4 rings (SSSR count). The molecule has 41 heavy (non-hydrogen) atoms. The Morgan fingerprint density at radius 2 is 1.41 bits per heavy atom. The molecule has 0 heterocycles. The van der Waals surface area contributed by atoms with Crippen LogP contribution in [0.15, 0.2) is 72.8 Å². The van der Waals surface area contributed by atoms with E-state index in [1.165, 1.54) is 0 Å². The average molecular weight is 573 g/mol. The third-order valence-corrected chi connectivity index (χ3v) is 7.94. The van der Waals surface area contributed by atoms with E-state index in [0.29, 0.717) is 29.1 Å². The number of carbonyl (C=O) groups is 2. The van der Waals surface area contributed by atoms with Crippen molar-refractivity contribution in [3.8, 4) is 0 Å². The molecule has 1 saturated carbocycles. The molecular formula is C32H37ClN6O2. The van der Waals surface area contributed by atoms with Crippen molar-refractivity contribution in [3.05, 3.63) is 106 Å². The summed E-state index contributed by atoms with van der Waals surface area (Å²) in [5, 5.41) is 21.9. The Morgan fingerprint density at radius 1 is 0.829 bits per heavy atom. The minimum Gasteiger partial charge on any atom is -0.384 e. The monoisotopic (exact) mass is 572 g/mol. The summed E-state index contributed by atoms with van der Waals surface area (Å²) in [6.07, 6.45) is 5.32. The summed E-state index contributed by atoms with van der Waals surface area (Å²) in [4.78, 5) is 27.5. The first-order valence-electron chi connectivity index (χ1n) is 13.9. The maximum Gasteiger partial charge on any atom is 0.243 e. The van der Waals surface area contributed by atoms with Crippen molar-refractivity contribution >= 4 is 35.1 Å². The van der Waals surface area contributed by atoms with Gasteiger partial charge in [-0.15, -0.1) is 0 Å². The van der Waals surface area contributed by atoms with Crippen LogP contribution >= 0.6 is 11.6 Å². The fourth-order valence-corrected chi connectivity index (χ4v) is 5.56. The largest absolute Gasteiger partial charge is 0.384 e. The molecule has 8 nitrogen and oxygen atoms in total. The lowest BCUT2D eigenvalue weighted by molar-refractivity contribution is -0.131. The second-order valence-electron chi connectivity index (χ2n) is 10.6. The first-order chi connectivity index (χ1) is 19.7. The minimum absolute atomic E-state index is 0.00952. The summed E-state index contributed by atoms with van der Waals surface area (Å²) in [6, 6.07) is 21.0. The van der Waals surface area contributed by atoms with Gasteiger partial charge in [-0.3, -0.25) is 20.4 Å². The molecular weight excluding hydrogens is 536 g/mol. The van der Waals surface area contributed by atoms with Gasteiger partial charge in [0, 0.05) is 22.7 Å².